The lowest BCUT2D eigenvalue weighted by atomic mass is 10.1. The molecule has 0 saturated heterocycles. The van der Waals surface area contributed by atoms with E-state index in [0.717, 1.165) is 12.8 Å². The molecule has 1 fully saturated rings. The fourth-order valence-electron chi connectivity index (χ4n) is 2.13. The molecule has 0 bridgehead atoms. The molecule has 1 aromatic heterocycles. The first-order valence-electron chi connectivity index (χ1n) is 6.92. The number of aliphatic hydroxyl groups is 1. The summed E-state index contributed by atoms with van der Waals surface area (Å²) in [6.07, 6.45) is 3.13. The third kappa shape index (κ3) is 4.61. The summed E-state index contributed by atoms with van der Waals surface area (Å²) in [5, 5.41) is 16.5. The zero-order valence-corrected chi connectivity index (χ0v) is 12.1. The third-order valence-corrected chi connectivity index (χ3v) is 4.23. The standard InChI is InChI=1S/C14H20N2O3S/c17-8-6-11(10-3-4-10)16-13(18)5-7-15-14(19)12-2-1-9-20-12/h1-2,9-11,17H,3-8H2,(H,15,19)(H,16,18). The van der Waals surface area contributed by atoms with E-state index >= 15 is 0 Å². The maximum Gasteiger partial charge on any atom is 0.261 e. The number of hydrogen-bond acceptors (Lipinski definition) is 4. The first-order chi connectivity index (χ1) is 9.70. The molecule has 2 rings (SSSR count). The van der Waals surface area contributed by atoms with Gasteiger partial charge >= 0.3 is 0 Å². The number of thiophene rings is 1. The second-order valence-electron chi connectivity index (χ2n) is 5.01. The summed E-state index contributed by atoms with van der Waals surface area (Å²) < 4.78 is 0. The molecule has 1 heterocycles. The van der Waals surface area contributed by atoms with Crippen LogP contribution in [0.15, 0.2) is 17.5 Å². The van der Waals surface area contributed by atoms with E-state index in [-0.39, 0.29) is 30.9 Å². The number of amides is 2. The van der Waals surface area contributed by atoms with Crippen molar-refractivity contribution in [2.75, 3.05) is 13.2 Å². The first-order valence-corrected chi connectivity index (χ1v) is 7.80. The fourth-order valence-corrected chi connectivity index (χ4v) is 2.77. The van der Waals surface area contributed by atoms with E-state index in [4.69, 9.17) is 5.11 Å². The van der Waals surface area contributed by atoms with Gasteiger partial charge in [-0.15, -0.1) is 11.3 Å². The summed E-state index contributed by atoms with van der Waals surface area (Å²) in [5.41, 5.74) is 0. The second kappa shape index (κ2) is 7.40. The zero-order valence-electron chi connectivity index (χ0n) is 11.3. The van der Waals surface area contributed by atoms with Crippen LogP contribution in [0.4, 0.5) is 0 Å². The Morgan fingerprint density at radius 2 is 2.25 bits per heavy atom. The summed E-state index contributed by atoms with van der Waals surface area (Å²) in [6, 6.07) is 3.66. The molecule has 0 radical (unpaired) electrons. The first kappa shape index (κ1) is 15.0. The Bertz CT molecular complexity index is 443. The lowest BCUT2D eigenvalue weighted by molar-refractivity contribution is -0.121. The highest BCUT2D eigenvalue weighted by molar-refractivity contribution is 7.12. The van der Waals surface area contributed by atoms with Crippen LogP contribution in [0.25, 0.3) is 0 Å². The number of nitrogens with one attached hydrogen (secondary N) is 2. The average molecular weight is 296 g/mol. The zero-order chi connectivity index (χ0) is 14.4. The topological polar surface area (TPSA) is 78.4 Å². The van der Waals surface area contributed by atoms with Crippen LogP contribution in [-0.4, -0.2) is 36.1 Å². The van der Waals surface area contributed by atoms with Crippen molar-refractivity contribution in [3.63, 3.8) is 0 Å². The predicted molar refractivity (Wildman–Crippen MR) is 77.6 cm³/mol. The molecule has 3 N–H and O–H groups in total. The van der Waals surface area contributed by atoms with E-state index in [0.29, 0.717) is 23.8 Å². The van der Waals surface area contributed by atoms with Gasteiger partial charge in [0.15, 0.2) is 0 Å². The highest BCUT2D eigenvalue weighted by Crippen LogP contribution is 2.33. The predicted octanol–water partition coefficient (Wildman–Crippen LogP) is 1.15. The van der Waals surface area contributed by atoms with Gasteiger partial charge in [-0.2, -0.15) is 0 Å². The number of carbonyl (C=O) groups is 2. The average Bonchev–Trinajstić information content (AvgIpc) is 3.12. The van der Waals surface area contributed by atoms with Crippen LogP contribution in [-0.2, 0) is 4.79 Å². The number of rotatable bonds is 8. The molecule has 0 spiro atoms. The van der Waals surface area contributed by atoms with E-state index < -0.39 is 0 Å². The summed E-state index contributed by atoms with van der Waals surface area (Å²) in [7, 11) is 0. The lowest BCUT2D eigenvalue weighted by Gasteiger charge is -2.17. The maximum absolute atomic E-state index is 11.8. The van der Waals surface area contributed by atoms with Crippen LogP contribution in [0.5, 0.6) is 0 Å². The van der Waals surface area contributed by atoms with E-state index in [1.807, 2.05) is 11.4 Å². The van der Waals surface area contributed by atoms with Crippen molar-refractivity contribution in [3.8, 4) is 0 Å². The smallest absolute Gasteiger partial charge is 0.261 e. The molecule has 6 heteroatoms. The molecule has 1 aliphatic rings. The van der Waals surface area contributed by atoms with Crippen LogP contribution >= 0.6 is 11.3 Å². The monoisotopic (exact) mass is 296 g/mol. The Kier molecular flexibility index (Phi) is 5.55. The minimum Gasteiger partial charge on any atom is -0.396 e. The van der Waals surface area contributed by atoms with Gasteiger partial charge in [0.2, 0.25) is 5.91 Å². The van der Waals surface area contributed by atoms with Crippen LogP contribution in [0.3, 0.4) is 0 Å². The quantitative estimate of drug-likeness (QED) is 0.673. The van der Waals surface area contributed by atoms with Crippen molar-refractivity contribution < 1.29 is 14.7 Å². The van der Waals surface area contributed by atoms with Crippen LogP contribution in [0, 0.1) is 5.92 Å². The van der Waals surface area contributed by atoms with Crippen molar-refractivity contribution in [1.82, 2.24) is 10.6 Å². The van der Waals surface area contributed by atoms with Gasteiger partial charge in [0.25, 0.3) is 5.91 Å². The molecule has 0 aliphatic heterocycles. The Labute approximate surface area is 122 Å². The van der Waals surface area contributed by atoms with E-state index in [9.17, 15) is 9.59 Å². The fraction of sp³-hybridized carbons (Fsp3) is 0.571. The Morgan fingerprint density at radius 1 is 1.45 bits per heavy atom. The van der Waals surface area contributed by atoms with Gasteiger partial charge in [0.1, 0.15) is 0 Å². The van der Waals surface area contributed by atoms with Gasteiger partial charge in [0.05, 0.1) is 4.88 Å². The highest BCUT2D eigenvalue weighted by Gasteiger charge is 2.31. The molecule has 2 amide bonds. The van der Waals surface area contributed by atoms with Gasteiger partial charge in [-0.3, -0.25) is 9.59 Å². The van der Waals surface area contributed by atoms with Gasteiger partial charge in [-0.05, 0) is 36.6 Å². The van der Waals surface area contributed by atoms with Gasteiger partial charge in [-0.25, -0.2) is 0 Å². The highest BCUT2D eigenvalue weighted by atomic mass is 32.1. The molecule has 1 unspecified atom stereocenters. The van der Waals surface area contributed by atoms with Crippen LogP contribution < -0.4 is 10.6 Å². The summed E-state index contributed by atoms with van der Waals surface area (Å²) in [5.74, 6) is 0.315. The summed E-state index contributed by atoms with van der Waals surface area (Å²) >= 11 is 1.38. The number of aliphatic hydroxyl groups excluding tert-OH is 1. The van der Waals surface area contributed by atoms with Gasteiger partial charge in [-0.1, -0.05) is 6.07 Å². The number of hydrogen-bond donors (Lipinski definition) is 3. The molecule has 20 heavy (non-hydrogen) atoms. The third-order valence-electron chi connectivity index (χ3n) is 3.36. The normalized spacial score (nSPS) is 15.7. The van der Waals surface area contributed by atoms with Crippen LogP contribution in [0.1, 0.15) is 35.4 Å². The minimum absolute atomic E-state index is 0.0678. The molecule has 0 aromatic carbocycles. The molecule has 1 aromatic rings. The molecule has 1 aliphatic carbocycles. The Balaban J connectivity index is 1.65. The SMILES string of the molecule is O=C(CCNC(=O)c1cccs1)NC(CCO)C1CC1. The maximum atomic E-state index is 11.8. The Hall–Kier alpha value is -1.40. The molecular weight excluding hydrogens is 276 g/mol. The molecule has 5 nitrogen and oxygen atoms in total. The largest absolute Gasteiger partial charge is 0.396 e. The van der Waals surface area contributed by atoms with Gasteiger partial charge < -0.3 is 15.7 Å². The van der Waals surface area contributed by atoms with Crippen molar-refractivity contribution in [1.29, 1.82) is 0 Å². The lowest BCUT2D eigenvalue weighted by Crippen LogP contribution is -2.38. The minimum atomic E-state index is -0.137. The van der Waals surface area contributed by atoms with Crippen molar-refractivity contribution >= 4 is 23.2 Å². The van der Waals surface area contributed by atoms with E-state index in [1.54, 1.807) is 6.07 Å². The van der Waals surface area contributed by atoms with Crippen molar-refractivity contribution in [2.24, 2.45) is 5.92 Å². The van der Waals surface area contributed by atoms with Crippen molar-refractivity contribution in [3.05, 3.63) is 22.4 Å². The molecule has 110 valence electrons. The van der Waals surface area contributed by atoms with E-state index in [2.05, 4.69) is 10.6 Å². The summed E-state index contributed by atoms with van der Waals surface area (Å²) in [4.78, 5) is 24.1. The number of carbonyl (C=O) groups excluding carboxylic acids is 2. The second-order valence-corrected chi connectivity index (χ2v) is 5.95. The van der Waals surface area contributed by atoms with Crippen LogP contribution in [0.2, 0.25) is 0 Å². The molecular formula is C14H20N2O3S. The van der Waals surface area contributed by atoms with Gasteiger partial charge in [0, 0.05) is 25.6 Å². The Morgan fingerprint density at radius 3 is 2.85 bits per heavy atom. The molecule has 1 saturated carbocycles. The van der Waals surface area contributed by atoms with Crippen molar-refractivity contribution in [2.45, 2.75) is 31.7 Å². The summed E-state index contributed by atoms with van der Waals surface area (Å²) in [6.45, 7) is 0.426. The molecule has 1 atom stereocenters. The van der Waals surface area contributed by atoms with E-state index in [1.165, 1.54) is 11.3 Å².